The number of anilines is 1. The molecule has 3 aromatic rings. The van der Waals surface area contributed by atoms with Gasteiger partial charge in [-0.1, -0.05) is 24.3 Å². The van der Waals surface area contributed by atoms with Crippen molar-refractivity contribution in [2.45, 2.75) is 26.3 Å². The zero-order chi connectivity index (χ0) is 24.7. The molecule has 5 nitrogen and oxygen atoms in total. The molecule has 0 unspecified atom stereocenters. The molecule has 0 bridgehead atoms. The van der Waals surface area contributed by atoms with Crippen LogP contribution in [0.3, 0.4) is 0 Å². The van der Waals surface area contributed by atoms with Crippen LogP contribution in [-0.4, -0.2) is 31.0 Å². The predicted molar refractivity (Wildman–Crippen MR) is 138 cm³/mol. The van der Waals surface area contributed by atoms with Crippen LogP contribution in [0.4, 0.5) is 10.1 Å². The molecule has 0 aromatic heterocycles. The van der Waals surface area contributed by atoms with E-state index >= 15 is 0 Å². The highest BCUT2D eigenvalue weighted by atomic mass is 19.1. The van der Waals surface area contributed by atoms with Crippen LogP contribution in [0.5, 0.6) is 23.0 Å². The Morgan fingerprint density at radius 1 is 1.09 bits per heavy atom. The first-order valence-electron chi connectivity index (χ1n) is 11.6. The highest BCUT2D eigenvalue weighted by molar-refractivity contribution is 6.02. The van der Waals surface area contributed by atoms with Crippen molar-refractivity contribution in [1.82, 2.24) is 0 Å². The van der Waals surface area contributed by atoms with E-state index in [9.17, 15) is 9.50 Å². The van der Waals surface area contributed by atoms with E-state index in [-0.39, 0.29) is 17.9 Å². The van der Waals surface area contributed by atoms with E-state index in [2.05, 4.69) is 38.2 Å². The lowest BCUT2D eigenvalue weighted by atomic mass is 9.83. The van der Waals surface area contributed by atoms with Crippen molar-refractivity contribution in [3.8, 4) is 34.1 Å². The van der Waals surface area contributed by atoms with Crippen molar-refractivity contribution < 1.29 is 23.7 Å². The van der Waals surface area contributed by atoms with Gasteiger partial charge in [0, 0.05) is 22.4 Å². The molecule has 2 heterocycles. The standard InChI is InChI=1S/C29H28FNO4/c1-17-16-29(2,3)31-21-9-8-20-26(25(17)21)24(15-18-6-5-7-19(14-18)34-13-12-30)35-23-11-10-22(32)28(33-4)27(20)23/h5-11,14-16,31-32H,12-13H2,1-4H3. The Kier molecular flexibility index (Phi) is 5.67. The number of phenolic OH excluding ortho intramolecular Hbond substituents is 1. The van der Waals surface area contributed by atoms with Gasteiger partial charge in [0.15, 0.2) is 11.5 Å². The molecule has 0 atom stereocenters. The van der Waals surface area contributed by atoms with Gasteiger partial charge < -0.3 is 24.6 Å². The molecule has 2 N–H and O–H groups in total. The predicted octanol–water partition coefficient (Wildman–Crippen LogP) is 6.91. The third-order valence-corrected chi connectivity index (χ3v) is 6.17. The Labute approximate surface area is 204 Å². The summed E-state index contributed by atoms with van der Waals surface area (Å²) >= 11 is 0. The average molecular weight is 474 g/mol. The summed E-state index contributed by atoms with van der Waals surface area (Å²) in [5.74, 6) is 2.27. The van der Waals surface area contributed by atoms with Crippen molar-refractivity contribution in [2.75, 3.05) is 25.7 Å². The summed E-state index contributed by atoms with van der Waals surface area (Å²) < 4.78 is 30.1. The van der Waals surface area contributed by atoms with Gasteiger partial charge in [0.25, 0.3) is 0 Å². The number of alkyl halides is 1. The van der Waals surface area contributed by atoms with Crippen LogP contribution in [0.25, 0.3) is 28.5 Å². The van der Waals surface area contributed by atoms with Crippen molar-refractivity contribution in [3.05, 3.63) is 71.3 Å². The fourth-order valence-corrected chi connectivity index (χ4v) is 4.95. The molecule has 3 aromatic carbocycles. The maximum absolute atomic E-state index is 12.6. The van der Waals surface area contributed by atoms with Crippen molar-refractivity contribution >= 4 is 23.1 Å². The molecule has 0 fully saturated rings. The maximum atomic E-state index is 12.6. The smallest absolute Gasteiger partial charge is 0.172 e. The molecule has 0 saturated carbocycles. The van der Waals surface area contributed by atoms with Gasteiger partial charge in [-0.25, -0.2) is 4.39 Å². The Hall–Kier alpha value is -3.93. The highest BCUT2D eigenvalue weighted by Gasteiger charge is 2.33. The van der Waals surface area contributed by atoms with Crippen LogP contribution in [-0.2, 0) is 0 Å². The van der Waals surface area contributed by atoms with Gasteiger partial charge in [-0.05, 0) is 68.3 Å². The number of rotatable bonds is 5. The zero-order valence-corrected chi connectivity index (χ0v) is 20.2. The van der Waals surface area contributed by atoms with Gasteiger partial charge >= 0.3 is 0 Å². The molecular formula is C29H28FNO4. The number of ether oxygens (including phenoxy) is 3. The van der Waals surface area contributed by atoms with Crippen LogP contribution in [0.15, 0.2) is 54.6 Å². The number of benzene rings is 3. The monoisotopic (exact) mass is 473 g/mol. The second kappa shape index (κ2) is 8.69. The molecule has 0 amide bonds. The van der Waals surface area contributed by atoms with E-state index in [0.29, 0.717) is 28.6 Å². The average Bonchev–Trinajstić information content (AvgIpc) is 2.82. The van der Waals surface area contributed by atoms with Crippen LogP contribution >= 0.6 is 0 Å². The number of methoxy groups -OCH3 is 1. The summed E-state index contributed by atoms with van der Waals surface area (Å²) in [6.07, 6.45) is 4.16. The van der Waals surface area contributed by atoms with Gasteiger partial charge in [-0.15, -0.1) is 0 Å². The minimum atomic E-state index is -0.547. The summed E-state index contributed by atoms with van der Waals surface area (Å²) in [4.78, 5) is 0. The fourth-order valence-electron chi connectivity index (χ4n) is 4.95. The lowest BCUT2D eigenvalue weighted by Crippen LogP contribution is -2.32. The molecule has 0 saturated heterocycles. The first-order chi connectivity index (χ1) is 16.8. The zero-order valence-electron chi connectivity index (χ0n) is 20.2. The van der Waals surface area contributed by atoms with Crippen molar-refractivity contribution in [1.29, 1.82) is 0 Å². The number of nitrogens with one attached hydrogen (secondary N) is 1. The maximum Gasteiger partial charge on any atom is 0.172 e. The van der Waals surface area contributed by atoms with Crippen LogP contribution < -0.4 is 19.5 Å². The minimum absolute atomic E-state index is 0.00890. The number of allylic oxidation sites excluding steroid dienone is 1. The first-order valence-corrected chi connectivity index (χ1v) is 11.6. The largest absolute Gasteiger partial charge is 0.504 e. The van der Waals surface area contributed by atoms with E-state index in [1.165, 1.54) is 7.11 Å². The normalized spacial score (nSPS) is 16.3. The molecular weight excluding hydrogens is 445 g/mol. The lowest BCUT2D eigenvalue weighted by molar-refractivity contribution is 0.273. The van der Waals surface area contributed by atoms with Gasteiger partial charge in [0.1, 0.15) is 30.5 Å². The number of phenols is 1. The Balaban J connectivity index is 1.75. The molecule has 0 radical (unpaired) electrons. The van der Waals surface area contributed by atoms with Crippen LogP contribution in [0, 0.1) is 0 Å². The topological polar surface area (TPSA) is 60.0 Å². The molecule has 0 aliphatic carbocycles. The Bertz CT molecular complexity index is 1370. The lowest BCUT2D eigenvalue weighted by Gasteiger charge is -2.35. The molecule has 5 rings (SSSR count). The molecule has 6 heteroatoms. The van der Waals surface area contributed by atoms with E-state index in [4.69, 9.17) is 14.2 Å². The van der Waals surface area contributed by atoms with E-state index in [1.54, 1.807) is 18.2 Å². The van der Waals surface area contributed by atoms with Crippen molar-refractivity contribution in [2.24, 2.45) is 0 Å². The van der Waals surface area contributed by atoms with Gasteiger partial charge in [-0.2, -0.15) is 0 Å². The summed E-state index contributed by atoms with van der Waals surface area (Å²) in [7, 11) is 1.54. The number of aromatic hydroxyl groups is 1. The van der Waals surface area contributed by atoms with Crippen LogP contribution in [0.1, 0.15) is 37.5 Å². The summed E-state index contributed by atoms with van der Waals surface area (Å²) in [5.41, 5.74) is 6.35. The molecule has 180 valence electrons. The summed E-state index contributed by atoms with van der Waals surface area (Å²) in [6.45, 7) is 5.82. The molecule has 2 aliphatic rings. The summed E-state index contributed by atoms with van der Waals surface area (Å²) in [5, 5.41) is 14.1. The Morgan fingerprint density at radius 2 is 1.91 bits per heavy atom. The highest BCUT2D eigenvalue weighted by Crippen LogP contribution is 2.54. The SMILES string of the molecule is COc1c(O)ccc2c1-c1ccc3c(c1C(=Cc1cccc(OCCF)c1)O2)C(C)=CC(C)(C)N3. The molecule has 2 aliphatic heterocycles. The van der Waals surface area contributed by atoms with Gasteiger partial charge in [0.2, 0.25) is 0 Å². The number of halogens is 1. The third kappa shape index (κ3) is 4.09. The Morgan fingerprint density at radius 3 is 2.69 bits per heavy atom. The first kappa shape index (κ1) is 22.8. The third-order valence-electron chi connectivity index (χ3n) is 6.17. The van der Waals surface area contributed by atoms with Gasteiger partial charge in [-0.3, -0.25) is 0 Å². The second-order valence-corrected chi connectivity index (χ2v) is 9.30. The number of hydrogen-bond donors (Lipinski definition) is 2. The quantitative estimate of drug-likeness (QED) is 0.421. The van der Waals surface area contributed by atoms with Gasteiger partial charge in [0.05, 0.1) is 18.2 Å². The fraction of sp³-hybridized carbons (Fsp3) is 0.241. The summed E-state index contributed by atoms with van der Waals surface area (Å²) in [6, 6.07) is 14.9. The molecule has 35 heavy (non-hydrogen) atoms. The minimum Gasteiger partial charge on any atom is -0.504 e. The number of fused-ring (bicyclic) bond motifs is 5. The molecule has 0 spiro atoms. The van der Waals surface area contributed by atoms with E-state index < -0.39 is 6.67 Å². The van der Waals surface area contributed by atoms with E-state index in [0.717, 1.165) is 33.5 Å². The van der Waals surface area contributed by atoms with E-state index in [1.807, 2.05) is 30.3 Å². The second-order valence-electron chi connectivity index (χ2n) is 9.30. The van der Waals surface area contributed by atoms with Crippen molar-refractivity contribution in [3.63, 3.8) is 0 Å². The van der Waals surface area contributed by atoms with Crippen LogP contribution in [0.2, 0.25) is 0 Å². The number of hydrogen-bond acceptors (Lipinski definition) is 5.